The lowest BCUT2D eigenvalue weighted by atomic mass is 9.73. The first kappa shape index (κ1) is 21.5. The van der Waals surface area contributed by atoms with E-state index in [-0.39, 0.29) is 48.9 Å². The van der Waals surface area contributed by atoms with Crippen molar-refractivity contribution in [3.8, 4) is 11.8 Å². The summed E-state index contributed by atoms with van der Waals surface area (Å²) in [6.45, 7) is 1.81. The molecule has 2 amide bonds. The van der Waals surface area contributed by atoms with Crippen LogP contribution in [0.2, 0.25) is 0 Å². The normalized spacial score (nSPS) is 28.7. The number of piperazine rings is 1. The molecule has 6 heteroatoms. The van der Waals surface area contributed by atoms with Crippen molar-refractivity contribution in [1.82, 2.24) is 9.80 Å². The van der Waals surface area contributed by atoms with Crippen molar-refractivity contribution >= 4 is 11.8 Å². The number of nitrogens with zero attached hydrogens (tertiary/aromatic N) is 2. The van der Waals surface area contributed by atoms with Crippen molar-refractivity contribution in [2.24, 2.45) is 11.8 Å². The Morgan fingerprint density at radius 3 is 2.50 bits per heavy atom. The maximum Gasteiger partial charge on any atom is 0.242 e. The number of fused-ring (bicyclic) bond motifs is 1. The molecule has 6 nitrogen and oxygen atoms in total. The molecule has 0 radical (unpaired) electrons. The molecule has 3 saturated heterocycles. The fourth-order valence-electron chi connectivity index (χ4n) is 5.91. The minimum absolute atomic E-state index is 0.0334. The average Bonchev–Trinajstić information content (AvgIpc) is 3.33. The van der Waals surface area contributed by atoms with Crippen LogP contribution in [0.1, 0.15) is 55.6 Å². The van der Waals surface area contributed by atoms with E-state index >= 15 is 0 Å². The van der Waals surface area contributed by atoms with E-state index in [1.165, 1.54) is 25.7 Å². The van der Waals surface area contributed by atoms with E-state index in [9.17, 15) is 14.7 Å². The Kier molecular flexibility index (Phi) is 6.21. The van der Waals surface area contributed by atoms with Crippen LogP contribution < -0.4 is 0 Å². The van der Waals surface area contributed by atoms with Crippen molar-refractivity contribution < 1.29 is 19.4 Å². The molecule has 0 spiro atoms. The third kappa shape index (κ3) is 4.04. The van der Waals surface area contributed by atoms with Crippen LogP contribution in [0.3, 0.4) is 0 Å². The third-order valence-electron chi connectivity index (χ3n) is 7.71. The lowest BCUT2D eigenvalue weighted by Crippen LogP contribution is -2.73. The molecule has 32 heavy (non-hydrogen) atoms. The second kappa shape index (κ2) is 9.25. The summed E-state index contributed by atoms with van der Waals surface area (Å²) < 4.78 is 5.38. The van der Waals surface area contributed by atoms with Crippen LogP contribution in [0.25, 0.3) is 0 Å². The number of rotatable bonds is 3. The number of carbonyl (C=O) groups is 2. The highest BCUT2D eigenvalue weighted by atomic mass is 16.5. The number of aliphatic hydroxyl groups is 1. The Morgan fingerprint density at radius 2 is 1.81 bits per heavy atom. The van der Waals surface area contributed by atoms with Gasteiger partial charge in [-0.2, -0.15) is 0 Å². The summed E-state index contributed by atoms with van der Waals surface area (Å²) in [5, 5.41) is 10.0. The molecule has 0 aromatic heterocycles. The predicted molar refractivity (Wildman–Crippen MR) is 120 cm³/mol. The van der Waals surface area contributed by atoms with Crippen LogP contribution in [-0.4, -0.2) is 71.7 Å². The number of benzene rings is 1. The van der Waals surface area contributed by atoms with Crippen LogP contribution in [0.15, 0.2) is 24.3 Å². The van der Waals surface area contributed by atoms with Gasteiger partial charge in [-0.25, -0.2) is 0 Å². The van der Waals surface area contributed by atoms with Gasteiger partial charge in [0.05, 0.1) is 25.2 Å². The van der Waals surface area contributed by atoms with Gasteiger partial charge in [0.25, 0.3) is 0 Å². The summed E-state index contributed by atoms with van der Waals surface area (Å²) in [7, 11) is 0. The Labute approximate surface area is 189 Å². The zero-order valence-corrected chi connectivity index (χ0v) is 18.5. The van der Waals surface area contributed by atoms with Gasteiger partial charge in [-0.1, -0.05) is 36.8 Å². The molecule has 0 bridgehead atoms. The highest BCUT2D eigenvalue weighted by molar-refractivity contribution is 5.88. The fraction of sp³-hybridized carbons (Fsp3) is 0.615. The second-order valence-corrected chi connectivity index (χ2v) is 9.62. The van der Waals surface area contributed by atoms with Gasteiger partial charge < -0.3 is 19.6 Å². The van der Waals surface area contributed by atoms with Crippen molar-refractivity contribution in [1.29, 1.82) is 0 Å². The summed E-state index contributed by atoms with van der Waals surface area (Å²) in [5.41, 5.74) is 2.11. The molecule has 1 aromatic carbocycles. The molecule has 1 aliphatic carbocycles. The van der Waals surface area contributed by atoms with Crippen LogP contribution in [0, 0.1) is 23.7 Å². The summed E-state index contributed by atoms with van der Waals surface area (Å²) >= 11 is 0. The van der Waals surface area contributed by atoms with Crippen molar-refractivity contribution in [3.63, 3.8) is 0 Å². The molecule has 0 unspecified atom stereocenters. The molecule has 3 aliphatic heterocycles. The van der Waals surface area contributed by atoms with Crippen LogP contribution in [-0.2, 0) is 14.3 Å². The number of aliphatic hydroxyl groups excluding tert-OH is 1. The van der Waals surface area contributed by atoms with Gasteiger partial charge in [0.1, 0.15) is 0 Å². The zero-order valence-electron chi connectivity index (χ0n) is 18.5. The van der Waals surface area contributed by atoms with Gasteiger partial charge in [0.2, 0.25) is 11.8 Å². The molecule has 5 rings (SSSR count). The van der Waals surface area contributed by atoms with Crippen LogP contribution in [0.5, 0.6) is 0 Å². The molecule has 1 saturated carbocycles. The number of ether oxygens (including phenoxy) is 1. The lowest BCUT2D eigenvalue weighted by molar-refractivity contribution is -0.169. The number of hydrogen-bond donors (Lipinski definition) is 1. The Balaban J connectivity index is 1.30. The zero-order chi connectivity index (χ0) is 22.1. The van der Waals surface area contributed by atoms with Gasteiger partial charge in [-0.05, 0) is 43.4 Å². The maximum absolute atomic E-state index is 13.0. The smallest absolute Gasteiger partial charge is 0.242 e. The summed E-state index contributed by atoms with van der Waals surface area (Å²) in [6.07, 6.45) is 6.44. The highest BCUT2D eigenvalue weighted by Crippen LogP contribution is 2.43. The molecular formula is C26H32N2O4. The van der Waals surface area contributed by atoms with E-state index in [1.54, 1.807) is 9.80 Å². The molecular weight excluding hydrogens is 404 g/mol. The van der Waals surface area contributed by atoms with E-state index in [0.29, 0.717) is 25.7 Å². The average molecular weight is 437 g/mol. The standard InChI is InChI=1S/C26H32N2O4/c29-17-23-25(20-9-7-19(8-10-20)6-5-18-3-1-2-4-18)22-15-27(16-24(30)28(22)23)26(31)21-11-13-32-14-12-21/h7-10,18,21-23,25,29H,1-4,11-17H2/t22-,23+,25-/m0/s1. The number of carbonyl (C=O) groups excluding carboxylic acids is 2. The largest absolute Gasteiger partial charge is 0.394 e. The number of hydrogen-bond acceptors (Lipinski definition) is 4. The highest BCUT2D eigenvalue weighted by Gasteiger charge is 2.54. The molecule has 1 aromatic rings. The molecule has 4 fully saturated rings. The van der Waals surface area contributed by atoms with Crippen molar-refractivity contribution in [3.05, 3.63) is 35.4 Å². The topological polar surface area (TPSA) is 70.1 Å². The van der Waals surface area contributed by atoms with E-state index in [0.717, 1.165) is 24.0 Å². The second-order valence-electron chi connectivity index (χ2n) is 9.62. The summed E-state index contributed by atoms with van der Waals surface area (Å²) in [6, 6.07) is 7.95. The number of amides is 2. The molecule has 170 valence electrons. The third-order valence-corrected chi connectivity index (χ3v) is 7.71. The van der Waals surface area contributed by atoms with Gasteiger partial charge in [0.15, 0.2) is 0 Å². The first-order valence-electron chi connectivity index (χ1n) is 12.1. The monoisotopic (exact) mass is 436 g/mol. The molecule has 3 atom stereocenters. The quantitative estimate of drug-likeness (QED) is 0.738. The van der Waals surface area contributed by atoms with Gasteiger partial charge in [0, 0.05) is 43.1 Å². The van der Waals surface area contributed by atoms with Crippen LogP contribution in [0.4, 0.5) is 0 Å². The first-order chi connectivity index (χ1) is 15.7. The Bertz CT molecular complexity index is 906. The first-order valence-corrected chi connectivity index (χ1v) is 12.1. The molecule has 3 heterocycles. The minimum atomic E-state index is -0.219. The Morgan fingerprint density at radius 1 is 1.09 bits per heavy atom. The van der Waals surface area contributed by atoms with Crippen molar-refractivity contribution in [2.45, 2.75) is 56.5 Å². The van der Waals surface area contributed by atoms with Gasteiger partial charge in [-0.15, -0.1) is 0 Å². The molecule has 4 aliphatic rings. The van der Waals surface area contributed by atoms with Crippen LogP contribution >= 0.6 is 0 Å². The van der Waals surface area contributed by atoms with E-state index in [4.69, 9.17) is 4.74 Å². The Hall–Kier alpha value is -2.36. The van der Waals surface area contributed by atoms with Crippen molar-refractivity contribution in [2.75, 3.05) is 32.9 Å². The van der Waals surface area contributed by atoms with Gasteiger partial charge in [-0.3, -0.25) is 9.59 Å². The fourth-order valence-corrected chi connectivity index (χ4v) is 5.91. The summed E-state index contributed by atoms with van der Waals surface area (Å²) in [5.74, 6) is 7.24. The van der Waals surface area contributed by atoms with E-state index in [1.807, 2.05) is 12.1 Å². The molecule has 1 N–H and O–H groups in total. The van der Waals surface area contributed by atoms with E-state index < -0.39 is 0 Å². The lowest BCUT2D eigenvalue weighted by Gasteiger charge is -2.59. The minimum Gasteiger partial charge on any atom is -0.394 e. The van der Waals surface area contributed by atoms with E-state index in [2.05, 4.69) is 24.0 Å². The SMILES string of the molecule is O=C(C1CCOCC1)N1CC(=O)N2[C@H](CO)[C@@H](c3ccc(C#CC4CCCC4)cc3)[C@@H]2C1. The van der Waals surface area contributed by atoms with Gasteiger partial charge >= 0.3 is 0 Å². The maximum atomic E-state index is 13.0. The predicted octanol–water partition coefficient (Wildman–Crippen LogP) is 2.15. The summed E-state index contributed by atoms with van der Waals surface area (Å²) in [4.78, 5) is 29.4.